The molecule has 1 aliphatic heterocycles. The first-order valence-electron chi connectivity index (χ1n) is 14.8. The zero-order valence-electron chi connectivity index (χ0n) is 24.6. The number of pyridine rings is 2. The Morgan fingerprint density at radius 3 is 2.49 bits per heavy atom. The van der Waals surface area contributed by atoms with Crippen molar-refractivity contribution < 1.29 is 4.39 Å². The van der Waals surface area contributed by atoms with Gasteiger partial charge in [-0.1, -0.05) is 42.8 Å². The van der Waals surface area contributed by atoms with Gasteiger partial charge in [-0.15, -0.1) is 0 Å². The van der Waals surface area contributed by atoms with Crippen LogP contribution < -0.4 is 10.9 Å². The second-order valence-electron chi connectivity index (χ2n) is 11.0. The molecule has 6 rings (SSSR count). The number of piperidine rings is 1. The monoisotopic (exact) mass is 596 g/mol. The summed E-state index contributed by atoms with van der Waals surface area (Å²) in [5.74, 6) is 0.294. The van der Waals surface area contributed by atoms with E-state index in [-0.39, 0.29) is 17.3 Å². The minimum atomic E-state index is -0.225. The van der Waals surface area contributed by atoms with Crippen LogP contribution in [-0.4, -0.2) is 44.1 Å². The molecule has 0 bridgehead atoms. The second-order valence-corrected chi connectivity index (χ2v) is 11.4. The van der Waals surface area contributed by atoms with E-state index in [9.17, 15) is 4.79 Å². The predicted octanol–water partition coefficient (Wildman–Crippen LogP) is 7.58. The Bertz CT molecular complexity index is 1860. The average Bonchev–Trinajstić information content (AvgIpc) is 3.01. The van der Waals surface area contributed by atoms with E-state index in [2.05, 4.69) is 32.1 Å². The molecule has 43 heavy (non-hydrogen) atoms. The van der Waals surface area contributed by atoms with Gasteiger partial charge in [0.05, 0.1) is 0 Å². The Morgan fingerprint density at radius 1 is 0.977 bits per heavy atom. The topological polar surface area (TPSA) is 75.9 Å². The molecule has 1 saturated heterocycles. The van der Waals surface area contributed by atoms with Crippen LogP contribution in [0, 0.1) is 12.7 Å². The highest BCUT2D eigenvalue weighted by Crippen LogP contribution is 2.34. The molecule has 0 amide bonds. The lowest BCUT2D eigenvalue weighted by Gasteiger charge is -2.31. The molecule has 0 aliphatic carbocycles. The molecule has 9 heteroatoms. The maximum absolute atomic E-state index is 15.2. The summed E-state index contributed by atoms with van der Waals surface area (Å²) in [4.78, 5) is 29.6. The number of fused-ring (bicyclic) bond motifs is 1. The summed E-state index contributed by atoms with van der Waals surface area (Å²) < 4.78 is 16.8. The zero-order chi connectivity index (χ0) is 30.1. The lowest BCUT2D eigenvalue weighted by molar-refractivity contribution is 0.220. The lowest BCUT2D eigenvalue weighted by Crippen LogP contribution is -2.32. The van der Waals surface area contributed by atoms with Crippen LogP contribution in [0.4, 0.5) is 16.0 Å². The van der Waals surface area contributed by atoms with Gasteiger partial charge in [0.1, 0.15) is 11.5 Å². The smallest absolute Gasteiger partial charge is 0.260 e. The number of halogens is 2. The Balaban J connectivity index is 1.28. The maximum atomic E-state index is 15.2. The van der Waals surface area contributed by atoms with E-state index in [1.54, 1.807) is 23.0 Å². The van der Waals surface area contributed by atoms with Crippen molar-refractivity contribution in [3.05, 3.63) is 99.4 Å². The van der Waals surface area contributed by atoms with Crippen molar-refractivity contribution in [2.24, 2.45) is 0 Å². The van der Waals surface area contributed by atoms with Crippen LogP contribution >= 0.6 is 11.6 Å². The van der Waals surface area contributed by atoms with Crippen LogP contribution in [0.3, 0.4) is 0 Å². The van der Waals surface area contributed by atoms with Crippen LogP contribution in [-0.2, 0) is 6.54 Å². The summed E-state index contributed by atoms with van der Waals surface area (Å²) in [7, 11) is 0. The number of nitrogens with zero attached hydrogens (tertiary/aromatic N) is 5. The first-order valence-corrected chi connectivity index (χ1v) is 15.1. The van der Waals surface area contributed by atoms with Crippen molar-refractivity contribution in [2.45, 2.75) is 46.1 Å². The Hall–Kier alpha value is -4.14. The Kier molecular flexibility index (Phi) is 8.23. The highest BCUT2D eigenvalue weighted by Gasteiger charge is 2.22. The van der Waals surface area contributed by atoms with Gasteiger partial charge in [0, 0.05) is 57.4 Å². The van der Waals surface area contributed by atoms with Crippen molar-refractivity contribution in [1.82, 2.24) is 24.4 Å². The molecule has 7 nitrogen and oxygen atoms in total. The number of aromatic nitrogens is 4. The van der Waals surface area contributed by atoms with Crippen molar-refractivity contribution >= 4 is 34.3 Å². The van der Waals surface area contributed by atoms with Crippen LogP contribution in [0.2, 0.25) is 5.02 Å². The van der Waals surface area contributed by atoms with Crippen LogP contribution in [0.5, 0.6) is 0 Å². The molecule has 0 radical (unpaired) electrons. The summed E-state index contributed by atoms with van der Waals surface area (Å²) >= 11 is 6.74. The van der Waals surface area contributed by atoms with Crippen molar-refractivity contribution in [3.63, 3.8) is 0 Å². The molecule has 220 valence electrons. The van der Waals surface area contributed by atoms with E-state index < -0.39 is 0 Å². The van der Waals surface area contributed by atoms with E-state index >= 15 is 4.39 Å². The van der Waals surface area contributed by atoms with E-state index in [0.29, 0.717) is 45.4 Å². The van der Waals surface area contributed by atoms with E-state index in [0.717, 1.165) is 54.9 Å². The molecule has 1 N–H and O–H groups in total. The average molecular weight is 597 g/mol. The van der Waals surface area contributed by atoms with E-state index in [1.807, 2.05) is 56.3 Å². The largest absolute Gasteiger partial charge is 0.324 e. The molecular formula is C34H34ClFN6O. The number of benzene rings is 2. The van der Waals surface area contributed by atoms with Crippen molar-refractivity contribution in [3.8, 4) is 22.3 Å². The molecular weight excluding hydrogens is 563 g/mol. The molecule has 0 atom stereocenters. The van der Waals surface area contributed by atoms with Gasteiger partial charge in [-0.2, -0.15) is 4.98 Å². The third kappa shape index (κ3) is 5.77. The zero-order valence-corrected chi connectivity index (χ0v) is 25.3. The molecule has 0 saturated carbocycles. The number of rotatable bonds is 7. The molecule has 3 aromatic heterocycles. The highest BCUT2D eigenvalue weighted by atomic mass is 35.5. The van der Waals surface area contributed by atoms with Crippen LogP contribution in [0.1, 0.15) is 43.9 Å². The van der Waals surface area contributed by atoms with Crippen molar-refractivity contribution in [1.29, 1.82) is 0 Å². The molecule has 1 aliphatic rings. The Morgan fingerprint density at radius 2 is 1.79 bits per heavy atom. The van der Waals surface area contributed by atoms with Gasteiger partial charge in [0.15, 0.2) is 0 Å². The predicted molar refractivity (Wildman–Crippen MR) is 172 cm³/mol. The molecule has 0 spiro atoms. The molecule has 2 aromatic carbocycles. The van der Waals surface area contributed by atoms with Gasteiger partial charge in [0.25, 0.3) is 5.56 Å². The van der Waals surface area contributed by atoms with Gasteiger partial charge in [-0.05, 0) is 93.7 Å². The number of hydrogen-bond donors (Lipinski definition) is 1. The highest BCUT2D eigenvalue weighted by molar-refractivity contribution is 6.33. The van der Waals surface area contributed by atoms with Gasteiger partial charge in [-0.25, -0.2) is 9.37 Å². The van der Waals surface area contributed by atoms with Crippen LogP contribution in [0.15, 0.2) is 71.8 Å². The van der Waals surface area contributed by atoms with Crippen molar-refractivity contribution in [2.75, 3.05) is 25.0 Å². The molecule has 0 unspecified atom stereocenters. The lowest BCUT2D eigenvalue weighted by atomic mass is 9.89. The van der Waals surface area contributed by atoms with Gasteiger partial charge < -0.3 is 10.2 Å². The first-order chi connectivity index (χ1) is 20.9. The SMILES string of the molecule is CCN1CCC(c2ccc(Nc3ncc4cc(-c5ccc(-c6cccnc6C)cc5Cl)c(=O)n(CC)c4n3)cc2F)CC1. The van der Waals surface area contributed by atoms with Gasteiger partial charge >= 0.3 is 0 Å². The molecule has 1 fully saturated rings. The summed E-state index contributed by atoms with van der Waals surface area (Å²) in [6.07, 6.45) is 5.35. The standard InChI is InChI=1S/C34H34ClFN6O/c1-4-41-15-12-22(13-16-41)27-11-9-25(19-31(27)36)39-34-38-20-24-17-29(33(43)42(5-2)32(24)40-34)28-10-8-23(18-30(28)35)26-7-6-14-37-21(26)3/h6-11,14,17-20,22H,4-5,12-13,15-16H2,1-3H3,(H,38,39,40). The normalized spacial score (nSPS) is 14.3. The fraction of sp³-hybridized carbons (Fsp3) is 0.294. The van der Waals surface area contributed by atoms with E-state index in [1.165, 1.54) is 6.07 Å². The quantitative estimate of drug-likeness (QED) is 0.209. The summed E-state index contributed by atoms with van der Waals surface area (Å²) in [5, 5.41) is 4.30. The van der Waals surface area contributed by atoms with Crippen LogP contribution in [0.25, 0.3) is 33.3 Å². The van der Waals surface area contributed by atoms with Gasteiger partial charge in [-0.3, -0.25) is 14.3 Å². The Labute approximate surface area is 255 Å². The minimum absolute atomic E-state index is 0.198. The molecule has 5 aromatic rings. The van der Waals surface area contributed by atoms with E-state index in [4.69, 9.17) is 11.6 Å². The number of likely N-dealkylation sites (tertiary alicyclic amines) is 1. The summed E-state index contributed by atoms with van der Waals surface area (Å²) in [6, 6.07) is 16.6. The number of anilines is 2. The van der Waals surface area contributed by atoms with Gasteiger partial charge in [0.2, 0.25) is 5.95 Å². The second kappa shape index (κ2) is 12.2. The fourth-order valence-electron chi connectivity index (χ4n) is 6.02. The third-order valence-corrected chi connectivity index (χ3v) is 8.76. The number of hydrogen-bond acceptors (Lipinski definition) is 6. The summed E-state index contributed by atoms with van der Waals surface area (Å²) in [6.45, 7) is 9.44. The maximum Gasteiger partial charge on any atom is 0.260 e. The minimum Gasteiger partial charge on any atom is -0.324 e. The first kappa shape index (κ1) is 29.0. The summed E-state index contributed by atoms with van der Waals surface area (Å²) in [5.41, 5.74) is 5.54. The molecule has 4 heterocycles. The third-order valence-electron chi connectivity index (χ3n) is 8.45. The number of aryl methyl sites for hydroxylation is 2. The fourth-order valence-corrected chi connectivity index (χ4v) is 6.30. The number of nitrogens with one attached hydrogen (secondary N) is 1.